The number of hydrogen-bond acceptors (Lipinski definition) is 4. The lowest BCUT2D eigenvalue weighted by atomic mass is 9.76. The van der Waals surface area contributed by atoms with E-state index < -0.39 is 0 Å². The summed E-state index contributed by atoms with van der Waals surface area (Å²) in [6, 6.07) is 5.84. The van der Waals surface area contributed by atoms with Crippen LogP contribution in [0.2, 0.25) is 0 Å². The molecule has 4 nitrogen and oxygen atoms in total. The van der Waals surface area contributed by atoms with Crippen molar-refractivity contribution in [3.63, 3.8) is 0 Å². The third-order valence-corrected chi connectivity index (χ3v) is 3.89. The van der Waals surface area contributed by atoms with E-state index in [1.165, 1.54) is 12.8 Å². The third kappa shape index (κ3) is 3.60. The second kappa shape index (κ2) is 6.24. The first kappa shape index (κ1) is 14.1. The first-order valence-electron chi connectivity index (χ1n) is 7.25. The van der Waals surface area contributed by atoms with Crippen LogP contribution in [0.3, 0.4) is 0 Å². The van der Waals surface area contributed by atoms with Gasteiger partial charge in [0.2, 0.25) is 5.88 Å². The molecule has 0 bridgehead atoms. The molecule has 3 N–H and O–H groups in total. The zero-order chi connectivity index (χ0) is 13.7. The lowest BCUT2D eigenvalue weighted by Crippen LogP contribution is -2.48. The third-order valence-electron chi connectivity index (χ3n) is 3.89. The van der Waals surface area contributed by atoms with Crippen molar-refractivity contribution in [2.75, 3.05) is 18.5 Å². The molecule has 0 spiro atoms. The van der Waals surface area contributed by atoms with Crippen molar-refractivity contribution in [3.8, 4) is 5.88 Å². The highest BCUT2D eigenvalue weighted by molar-refractivity contribution is 5.40. The highest BCUT2D eigenvalue weighted by Crippen LogP contribution is 2.34. The summed E-state index contributed by atoms with van der Waals surface area (Å²) >= 11 is 0. The number of nitrogens with two attached hydrogens (primary N) is 1. The minimum Gasteiger partial charge on any atom is -0.478 e. The van der Waals surface area contributed by atoms with Crippen molar-refractivity contribution in [1.29, 1.82) is 0 Å². The Labute approximate surface area is 115 Å². The molecule has 0 saturated heterocycles. The second-order valence-electron chi connectivity index (χ2n) is 5.61. The van der Waals surface area contributed by atoms with Gasteiger partial charge in [0.25, 0.3) is 0 Å². The molecule has 1 aliphatic rings. The maximum atomic E-state index is 6.02. The van der Waals surface area contributed by atoms with Gasteiger partial charge in [-0.2, -0.15) is 4.98 Å². The Kier molecular flexibility index (Phi) is 4.64. The van der Waals surface area contributed by atoms with Gasteiger partial charge in [-0.05, 0) is 31.7 Å². The van der Waals surface area contributed by atoms with Crippen LogP contribution >= 0.6 is 0 Å². The SMILES string of the molecule is CCOc1cccc(NC2(CN)CCCC(C)C2)n1. The summed E-state index contributed by atoms with van der Waals surface area (Å²) in [7, 11) is 0. The fourth-order valence-corrected chi connectivity index (χ4v) is 2.99. The number of ether oxygens (including phenoxy) is 1. The van der Waals surface area contributed by atoms with Crippen molar-refractivity contribution in [2.45, 2.75) is 45.1 Å². The van der Waals surface area contributed by atoms with Crippen LogP contribution < -0.4 is 15.8 Å². The Morgan fingerprint density at radius 1 is 1.53 bits per heavy atom. The predicted molar refractivity (Wildman–Crippen MR) is 78.4 cm³/mol. The molecule has 0 radical (unpaired) electrons. The fraction of sp³-hybridized carbons (Fsp3) is 0.667. The van der Waals surface area contributed by atoms with E-state index in [9.17, 15) is 0 Å². The molecule has 1 aliphatic carbocycles. The van der Waals surface area contributed by atoms with E-state index in [2.05, 4.69) is 17.2 Å². The molecule has 2 rings (SSSR count). The standard InChI is InChI=1S/C15H25N3O/c1-3-19-14-8-4-7-13(17-14)18-15(11-16)9-5-6-12(2)10-15/h4,7-8,12H,3,5-6,9-11,16H2,1-2H3,(H,17,18). The van der Waals surface area contributed by atoms with E-state index in [0.29, 0.717) is 19.0 Å². The summed E-state index contributed by atoms with van der Waals surface area (Å²) in [4.78, 5) is 4.49. The van der Waals surface area contributed by atoms with Gasteiger partial charge in [0.15, 0.2) is 0 Å². The number of rotatable bonds is 5. The van der Waals surface area contributed by atoms with Gasteiger partial charge in [-0.3, -0.25) is 0 Å². The molecule has 1 aromatic rings. The minimum atomic E-state index is -0.00446. The lowest BCUT2D eigenvalue weighted by Gasteiger charge is -2.40. The normalized spacial score (nSPS) is 27.0. The fourth-order valence-electron chi connectivity index (χ4n) is 2.99. The predicted octanol–water partition coefficient (Wildman–Crippen LogP) is 2.80. The van der Waals surface area contributed by atoms with Gasteiger partial charge in [0.1, 0.15) is 5.82 Å². The van der Waals surface area contributed by atoms with E-state index in [1.807, 2.05) is 25.1 Å². The smallest absolute Gasteiger partial charge is 0.215 e. The summed E-state index contributed by atoms with van der Waals surface area (Å²) in [6.45, 7) is 5.55. The van der Waals surface area contributed by atoms with Crippen LogP contribution in [0.5, 0.6) is 5.88 Å². The molecule has 0 aromatic carbocycles. The zero-order valence-corrected chi connectivity index (χ0v) is 12.0. The van der Waals surface area contributed by atoms with Gasteiger partial charge >= 0.3 is 0 Å². The van der Waals surface area contributed by atoms with E-state index in [1.54, 1.807) is 0 Å². The van der Waals surface area contributed by atoms with Crippen LogP contribution in [0.15, 0.2) is 18.2 Å². The molecule has 1 fully saturated rings. The summed E-state index contributed by atoms with van der Waals surface area (Å²) in [5.41, 5.74) is 6.02. The lowest BCUT2D eigenvalue weighted by molar-refractivity contribution is 0.263. The van der Waals surface area contributed by atoms with Crippen molar-refractivity contribution >= 4 is 5.82 Å². The summed E-state index contributed by atoms with van der Waals surface area (Å²) < 4.78 is 5.44. The van der Waals surface area contributed by atoms with Gasteiger partial charge in [-0.25, -0.2) is 0 Å². The molecule has 0 amide bonds. The van der Waals surface area contributed by atoms with Gasteiger partial charge in [-0.1, -0.05) is 25.8 Å². The van der Waals surface area contributed by atoms with Crippen molar-refractivity contribution in [2.24, 2.45) is 11.7 Å². The topological polar surface area (TPSA) is 60.2 Å². The molecular formula is C15H25N3O. The van der Waals surface area contributed by atoms with Crippen LogP contribution in [0.4, 0.5) is 5.82 Å². The number of anilines is 1. The first-order chi connectivity index (χ1) is 9.17. The zero-order valence-electron chi connectivity index (χ0n) is 12.0. The average Bonchev–Trinajstić information content (AvgIpc) is 2.39. The average molecular weight is 263 g/mol. The van der Waals surface area contributed by atoms with Gasteiger partial charge in [0, 0.05) is 12.6 Å². The first-order valence-corrected chi connectivity index (χ1v) is 7.25. The number of aromatic nitrogens is 1. The van der Waals surface area contributed by atoms with Crippen molar-refractivity contribution < 1.29 is 4.74 Å². The van der Waals surface area contributed by atoms with E-state index in [4.69, 9.17) is 10.5 Å². The molecule has 2 atom stereocenters. The maximum absolute atomic E-state index is 6.02. The van der Waals surface area contributed by atoms with Crippen LogP contribution in [-0.4, -0.2) is 23.7 Å². The van der Waals surface area contributed by atoms with E-state index in [0.717, 1.165) is 24.6 Å². The molecule has 1 aromatic heterocycles. The van der Waals surface area contributed by atoms with Crippen LogP contribution in [0, 0.1) is 5.92 Å². The Morgan fingerprint density at radius 3 is 3.05 bits per heavy atom. The molecule has 19 heavy (non-hydrogen) atoms. The highest BCUT2D eigenvalue weighted by atomic mass is 16.5. The minimum absolute atomic E-state index is 0.00446. The highest BCUT2D eigenvalue weighted by Gasteiger charge is 2.33. The Balaban J connectivity index is 2.11. The van der Waals surface area contributed by atoms with Crippen LogP contribution in [-0.2, 0) is 0 Å². The number of nitrogens with one attached hydrogen (secondary N) is 1. The summed E-state index contributed by atoms with van der Waals surface area (Å²) in [6.07, 6.45) is 4.77. The van der Waals surface area contributed by atoms with Gasteiger partial charge in [0.05, 0.1) is 12.1 Å². The Hall–Kier alpha value is -1.29. The molecule has 106 valence electrons. The quantitative estimate of drug-likeness (QED) is 0.857. The van der Waals surface area contributed by atoms with E-state index >= 15 is 0 Å². The van der Waals surface area contributed by atoms with E-state index in [-0.39, 0.29) is 5.54 Å². The van der Waals surface area contributed by atoms with Gasteiger partial charge < -0.3 is 15.8 Å². The molecule has 2 unspecified atom stereocenters. The number of pyridine rings is 1. The van der Waals surface area contributed by atoms with Crippen LogP contribution in [0.25, 0.3) is 0 Å². The monoisotopic (exact) mass is 263 g/mol. The molecular weight excluding hydrogens is 238 g/mol. The molecule has 4 heteroatoms. The molecule has 1 saturated carbocycles. The second-order valence-corrected chi connectivity index (χ2v) is 5.61. The Morgan fingerprint density at radius 2 is 2.37 bits per heavy atom. The summed E-state index contributed by atoms with van der Waals surface area (Å²) in [5, 5.41) is 3.56. The maximum Gasteiger partial charge on any atom is 0.215 e. The molecule has 1 heterocycles. The number of nitrogens with zero attached hydrogens (tertiary/aromatic N) is 1. The number of hydrogen-bond donors (Lipinski definition) is 2. The Bertz CT molecular complexity index is 410. The molecule has 0 aliphatic heterocycles. The van der Waals surface area contributed by atoms with Crippen LogP contribution in [0.1, 0.15) is 39.5 Å². The largest absolute Gasteiger partial charge is 0.478 e. The van der Waals surface area contributed by atoms with Gasteiger partial charge in [-0.15, -0.1) is 0 Å². The van der Waals surface area contributed by atoms with Crippen molar-refractivity contribution in [1.82, 2.24) is 4.98 Å². The van der Waals surface area contributed by atoms with Crippen molar-refractivity contribution in [3.05, 3.63) is 18.2 Å². The summed E-state index contributed by atoms with van der Waals surface area (Å²) in [5.74, 6) is 2.26.